The van der Waals surface area contributed by atoms with Crippen LogP contribution in [0.25, 0.3) is 0 Å². The number of aliphatic hydroxyl groups excluding tert-OH is 1. The molecule has 0 rings (SSSR count). The van der Waals surface area contributed by atoms with Gasteiger partial charge in [0.25, 0.3) is 0 Å². The third-order valence-corrected chi connectivity index (χ3v) is 1.70. The monoisotopic (exact) mass is 175 g/mol. The maximum atomic E-state index is 9.17. The molecule has 3 heteroatoms. The van der Waals surface area contributed by atoms with E-state index in [2.05, 4.69) is 5.32 Å². The van der Waals surface area contributed by atoms with Crippen molar-refractivity contribution in [2.45, 2.75) is 32.8 Å². The van der Waals surface area contributed by atoms with Crippen LogP contribution in [0.5, 0.6) is 0 Å². The van der Waals surface area contributed by atoms with Gasteiger partial charge in [0.2, 0.25) is 0 Å². The number of hydrogen-bond acceptors (Lipinski definition) is 3. The Morgan fingerprint density at radius 3 is 2.75 bits per heavy atom. The SMILES string of the molecule is CCOCCCNC[C@@H](O)CC. The first-order valence-corrected chi connectivity index (χ1v) is 4.77. The summed E-state index contributed by atoms with van der Waals surface area (Å²) >= 11 is 0. The second kappa shape index (κ2) is 8.97. The summed E-state index contributed by atoms with van der Waals surface area (Å²) < 4.78 is 5.16. The molecule has 0 unspecified atom stereocenters. The molecule has 0 aromatic carbocycles. The lowest BCUT2D eigenvalue weighted by molar-refractivity contribution is 0.140. The molecule has 1 atom stereocenters. The predicted molar refractivity (Wildman–Crippen MR) is 50.3 cm³/mol. The van der Waals surface area contributed by atoms with E-state index in [0.717, 1.165) is 32.6 Å². The normalized spacial score (nSPS) is 13.2. The van der Waals surface area contributed by atoms with Crippen LogP contribution in [0.3, 0.4) is 0 Å². The van der Waals surface area contributed by atoms with E-state index in [4.69, 9.17) is 9.84 Å². The maximum Gasteiger partial charge on any atom is 0.0662 e. The van der Waals surface area contributed by atoms with Crippen LogP contribution in [0.15, 0.2) is 0 Å². The van der Waals surface area contributed by atoms with Crippen molar-refractivity contribution < 1.29 is 9.84 Å². The van der Waals surface area contributed by atoms with Gasteiger partial charge in [-0.1, -0.05) is 6.92 Å². The molecule has 0 radical (unpaired) electrons. The molecular weight excluding hydrogens is 154 g/mol. The van der Waals surface area contributed by atoms with Gasteiger partial charge in [-0.2, -0.15) is 0 Å². The first-order chi connectivity index (χ1) is 5.81. The van der Waals surface area contributed by atoms with Crippen LogP contribution in [0, 0.1) is 0 Å². The smallest absolute Gasteiger partial charge is 0.0662 e. The fourth-order valence-electron chi connectivity index (χ4n) is 0.857. The average Bonchev–Trinajstić information content (AvgIpc) is 2.10. The van der Waals surface area contributed by atoms with Crippen molar-refractivity contribution in [3.63, 3.8) is 0 Å². The van der Waals surface area contributed by atoms with Gasteiger partial charge >= 0.3 is 0 Å². The van der Waals surface area contributed by atoms with Crippen LogP contribution in [-0.4, -0.2) is 37.5 Å². The molecule has 0 aliphatic carbocycles. The number of aliphatic hydroxyl groups is 1. The summed E-state index contributed by atoms with van der Waals surface area (Å²) in [6.45, 7) is 7.20. The van der Waals surface area contributed by atoms with Crippen LogP contribution < -0.4 is 5.32 Å². The number of rotatable bonds is 8. The lowest BCUT2D eigenvalue weighted by atomic mass is 10.3. The molecule has 0 spiro atoms. The Hall–Kier alpha value is -0.120. The van der Waals surface area contributed by atoms with Gasteiger partial charge < -0.3 is 15.2 Å². The van der Waals surface area contributed by atoms with Crippen molar-refractivity contribution in [1.82, 2.24) is 5.32 Å². The molecule has 0 heterocycles. The molecule has 12 heavy (non-hydrogen) atoms. The van der Waals surface area contributed by atoms with E-state index in [9.17, 15) is 0 Å². The van der Waals surface area contributed by atoms with Crippen molar-refractivity contribution in [1.29, 1.82) is 0 Å². The highest BCUT2D eigenvalue weighted by Crippen LogP contribution is 1.86. The molecule has 2 N–H and O–H groups in total. The van der Waals surface area contributed by atoms with Crippen LogP contribution in [0.4, 0.5) is 0 Å². The van der Waals surface area contributed by atoms with Gasteiger partial charge in [-0.05, 0) is 26.3 Å². The van der Waals surface area contributed by atoms with E-state index in [-0.39, 0.29) is 6.10 Å². The Labute approximate surface area is 75.1 Å². The predicted octanol–water partition coefficient (Wildman–Crippen LogP) is 0.773. The van der Waals surface area contributed by atoms with Crippen molar-refractivity contribution in [3.05, 3.63) is 0 Å². The minimum atomic E-state index is -0.197. The Bertz CT molecular complexity index is 88.6. The van der Waals surface area contributed by atoms with Crippen LogP contribution in [-0.2, 0) is 4.74 Å². The average molecular weight is 175 g/mol. The molecule has 0 aliphatic rings. The quantitative estimate of drug-likeness (QED) is 0.535. The molecule has 3 nitrogen and oxygen atoms in total. The van der Waals surface area contributed by atoms with Crippen LogP contribution >= 0.6 is 0 Å². The van der Waals surface area contributed by atoms with E-state index < -0.39 is 0 Å². The molecular formula is C9H21NO2. The summed E-state index contributed by atoms with van der Waals surface area (Å²) in [5, 5.41) is 12.3. The first-order valence-electron chi connectivity index (χ1n) is 4.77. The van der Waals surface area contributed by atoms with Crippen molar-refractivity contribution in [2.24, 2.45) is 0 Å². The topological polar surface area (TPSA) is 41.5 Å². The van der Waals surface area contributed by atoms with Gasteiger partial charge in [0.15, 0.2) is 0 Å². The molecule has 0 aliphatic heterocycles. The Balaban J connectivity index is 2.90. The highest BCUT2D eigenvalue weighted by atomic mass is 16.5. The Morgan fingerprint density at radius 1 is 1.42 bits per heavy atom. The zero-order valence-electron chi connectivity index (χ0n) is 8.18. The minimum Gasteiger partial charge on any atom is -0.392 e. The summed E-state index contributed by atoms with van der Waals surface area (Å²) in [5.74, 6) is 0. The summed E-state index contributed by atoms with van der Waals surface area (Å²) in [7, 11) is 0. The van der Waals surface area contributed by atoms with Gasteiger partial charge in [0.1, 0.15) is 0 Å². The zero-order valence-corrected chi connectivity index (χ0v) is 8.18. The zero-order chi connectivity index (χ0) is 9.23. The molecule has 0 aromatic rings. The third kappa shape index (κ3) is 7.98. The molecule has 0 bridgehead atoms. The Morgan fingerprint density at radius 2 is 2.17 bits per heavy atom. The standard InChI is InChI=1S/C9H21NO2/c1-3-9(11)8-10-6-5-7-12-4-2/h9-11H,3-8H2,1-2H3/t9-/m0/s1. The highest BCUT2D eigenvalue weighted by molar-refractivity contribution is 4.56. The first kappa shape index (κ1) is 11.9. The maximum absolute atomic E-state index is 9.17. The molecule has 0 fully saturated rings. The summed E-state index contributed by atoms with van der Waals surface area (Å²) in [5.41, 5.74) is 0. The van der Waals surface area contributed by atoms with Crippen molar-refractivity contribution in [3.8, 4) is 0 Å². The van der Waals surface area contributed by atoms with Crippen LogP contribution in [0.1, 0.15) is 26.7 Å². The fourth-order valence-corrected chi connectivity index (χ4v) is 0.857. The number of nitrogens with one attached hydrogen (secondary N) is 1. The molecule has 0 amide bonds. The van der Waals surface area contributed by atoms with Gasteiger partial charge in [-0.25, -0.2) is 0 Å². The van der Waals surface area contributed by atoms with E-state index in [1.54, 1.807) is 0 Å². The summed E-state index contributed by atoms with van der Waals surface area (Å²) in [6, 6.07) is 0. The largest absolute Gasteiger partial charge is 0.392 e. The van der Waals surface area contributed by atoms with E-state index in [1.165, 1.54) is 0 Å². The highest BCUT2D eigenvalue weighted by Gasteiger charge is 1.97. The fraction of sp³-hybridized carbons (Fsp3) is 1.00. The van der Waals surface area contributed by atoms with E-state index in [0.29, 0.717) is 6.54 Å². The molecule has 74 valence electrons. The second-order valence-corrected chi connectivity index (χ2v) is 2.82. The second-order valence-electron chi connectivity index (χ2n) is 2.82. The van der Waals surface area contributed by atoms with E-state index in [1.807, 2.05) is 13.8 Å². The van der Waals surface area contributed by atoms with E-state index >= 15 is 0 Å². The third-order valence-electron chi connectivity index (χ3n) is 1.70. The minimum absolute atomic E-state index is 0.197. The lowest BCUT2D eigenvalue weighted by Gasteiger charge is -2.08. The summed E-state index contributed by atoms with van der Waals surface area (Å²) in [6.07, 6.45) is 1.64. The number of hydrogen-bond donors (Lipinski definition) is 2. The van der Waals surface area contributed by atoms with Crippen molar-refractivity contribution >= 4 is 0 Å². The van der Waals surface area contributed by atoms with Crippen LogP contribution in [0.2, 0.25) is 0 Å². The molecule has 0 saturated heterocycles. The molecule has 0 saturated carbocycles. The van der Waals surface area contributed by atoms with Gasteiger partial charge in [0.05, 0.1) is 6.10 Å². The Kier molecular flexibility index (Phi) is 8.88. The van der Waals surface area contributed by atoms with Crippen molar-refractivity contribution in [2.75, 3.05) is 26.3 Å². The molecule has 0 aromatic heterocycles. The number of ether oxygens (including phenoxy) is 1. The van der Waals surface area contributed by atoms with Gasteiger partial charge in [-0.3, -0.25) is 0 Å². The lowest BCUT2D eigenvalue weighted by Crippen LogP contribution is -2.27. The summed E-state index contributed by atoms with van der Waals surface area (Å²) in [4.78, 5) is 0. The van der Waals surface area contributed by atoms with Gasteiger partial charge in [-0.15, -0.1) is 0 Å². The van der Waals surface area contributed by atoms with Gasteiger partial charge in [0, 0.05) is 19.8 Å².